The summed E-state index contributed by atoms with van der Waals surface area (Å²) in [5.74, 6) is 0.871. The van der Waals surface area contributed by atoms with Gasteiger partial charge in [0.25, 0.3) is 0 Å². The highest BCUT2D eigenvalue weighted by molar-refractivity contribution is 5.49. The molecule has 2 N–H and O–H groups in total. The molecule has 0 saturated heterocycles. The summed E-state index contributed by atoms with van der Waals surface area (Å²) in [6.45, 7) is 23.3. The normalized spacial score (nSPS) is 12.4. The van der Waals surface area contributed by atoms with Crippen LogP contribution in [-0.4, -0.2) is 10.2 Å². The number of benzene rings is 2. The topological polar surface area (TPSA) is 40.5 Å². The molecule has 2 rings (SSSR count). The third-order valence-corrected chi connectivity index (χ3v) is 5.15. The van der Waals surface area contributed by atoms with E-state index < -0.39 is 0 Å². The molecule has 162 valence electrons. The zero-order valence-corrected chi connectivity index (χ0v) is 20.5. The zero-order valence-electron chi connectivity index (χ0n) is 20.5. The van der Waals surface area contributed by atoms with Gasteiger partial charge in [0, 0.05) is 0 Å². The lowest BCUT2D eigenvalue weighted by molar-refractivity contribution is 0.423. The first-order valence-electron chi connectivity index (χ1n) is 10.7. The summed E-state index contributed by atoms with van der Waals surface area (Å²) in [7, 11) is 0. The van der Waals surface area contributed by atoms with Crippen LogP contribution >= 0.6 is 0 Å². The maximum absolute atomic E-state index is 10.4. The standard InChI is InChI=1S/C15H24O.C12H18O/c1-10-8-11(14(2,3)4)13(16)12(9-10)15(5,6)7;1-5-9-6-7-11(13)10(8-9)12(2,3)4/h8-9,16H,1-7H3;6-8,13H,5H2,1-4H3. The van der Waals surface area contributed by atoms with Gasteiger partial charge in [0.2, 0.25) is 0 Å². The van der Waals surface area contributed by atoms with Crippen LogP contribution in [0.3, 0.4) is 0 Å². The van der Waals surface area contributed by atoms with Gasteiger partial charge >= 0.3 is 0 Å². The summed E-state index contributed by atoms with van der Waals surface area (Å²) in [4.78, 5) is 0. The van der Waals surface area contributed by atoms with Crippen molar-refractivity contribution in [1.29, 1.82) is 0 Å². The number of hydrogen-bond donors (Lipinski definition) is 2. The minimum absolute atomic E-state index is 0.0178. The van der Waals surface area contributed by atoms with Crippen molar-refractivity contribution >= 4 is 0 Å². The number of aryl methyl sites for hydroxylation is 2. The Hall–Kier alpha value is -1.96. The van der Waals surface area contributed by atoms with Gasteiger partial charge in [0.1, 0.15) is 11.5 Å². The maximum atomic E-state index is 10.4. The molecule has 0 amide bonds. The van der Waals surface area contributed by atoms with Crippen molar-refractivity contribution in [3.05, 3.63) is 58.1 Å². The highest BCUT2D eigenvalue weighted by Crippen LogP contribution is 2.39. The van der Waals surface area contributed by atoms with Gasteiger partial charge in [-0.15, -0.1) is 0 Å². The van der Waals surface area contributed by atoms with Crippen molar-refractivity contribution in [2.24, 2.45) is 0 Å². The molecule has 0 unspecified atom stereocenters. The largest absolute Gasteiger partial charge is 0.508 e. The lowest BCUT2D eigenvalue weighted by Crippen LogP contribution is -2.17. The molecule has 0 aliphatic heterocycles. The number of rotatable bonds is 1. The van der Waals surface area contributed by atoms with E-state index in [2.05, 4.69) is 94.4 Å². The van der Waals surface area contributed by atoms with Gasteiger partial charge < -0.3 is 10.2 Å². The van der Waals surface area contributed by atoms with E-state index in [1.165, 1.54) is 11.1 Å². The summed E-state index contributed by atoms with van der Waals surface area (Å²) < 4.78 is 0. The number of aromatic hydroxyl groups is 2. The van der Waals surface area contributed by atoms with Crippen LogP contribution in [0.15, 0.2) is 30.3 Å². The Morgan fingerprint density at radius 2 is 1.07 bits per heavy atom. The first-order valence-corrected chi connectivity index (χ1v) is 10.7. The van der Waals surface area contributed by atoms with E-state index in [-0.39, 0.29) is 16.2 Å². The van der Waals surface area contributed by atoms with E-state index >= 15 is 0 Å². The van der Waals surface area contributed by atoms with Gasteiger partial charge in [0.05, 0.1) is 0 Å². The van der Waals surface area contributed by atoms with E-state index in [9.17, 15) is 10.2 Å². The Morgan fingerprint density at radius 3 is 1.41 bits per heavy atom. The average Bonchev–Trinajstić information content (AvgIpc) is 2.54. The first kappa shape index (κ1) is 25.1. The quantitative estimate of drug-likeness (QED) is 0.520. The first-order chi connectivity index (χ1) is 13.0. The van der Waals surface area contributed by atoms with Crippen molar-refractivity contribution in [3.8, 4) is 11.5 Å². The monoisotopic (exact) mass is 398 g/mol. The fourth-order valence-electron chi connectivity index (χ4n) is 3.33. The minimum Gasteiger partial charge on any atom is -0.508 e. The van der Waals surface area contributed by atoms with Crippen molar-refractivity contribution in [3.63, 3.8) is 0 Å². The third kappa shape index (κ3) is 6.80. The van der Waals surface area contributed by atoms with Gasteiger partial charge in [-0.2, -0.15) is 0 Å². The molecule has 0 bridgehead atoms. The smallest absolute Gasteiger partial charge is 0.123 e. The highest BCUT2D eigenvalue weighted by atomic mass is 16.3. The molecule has 0 aliphatic carbocycles. The molecule has 0 aliphatic rings. The fourth-order valence-corrected chi connectivity index (χ4v) is 3.33. The Balaban J connectivity index is 0.000000296. The molecule has 0 aromatic heterocycles. The molecule has 2 aromatic carbocycles. The highest BCUT2D eigenvalue weighted by Gasteiger charge is 2.25. The van der Waals surface area contributed by atoms with Crippen LogP contribution in [0.4, 0.5) is 0 Å². The lowest BCUT2D eigenvalue weighted by atomic mass is 9.78. The molecule has 2 heteroatoms. The molecule has 0 fully saturated rings. The lowest BCUT2D eigenvalue weighted by Gasteiger charge is -2.27. The molecule has 0 spiro atoms. The summed E-state index contributed by atoms with van der Waals surface area (Å²) in [6, 6.07) is 10.0. The van der Waals surface area contributed by atoms with Crippen LogP contribution in [-0.2, 0) is 22.7 Å². The van der Waals surface area contributed by atoms with Gasteiger partial charge in [-0.1, -0.05) is 99.1 Å². The molecule has 0 radical (unpaired) electrons. The molecule has 0 saturated carbocycles. The van der Waals surface area contributed by atoms with Gasteiger partial charge in [0.15, 0.2) is 0 Å². The Kier molecular flexibility index (Phi) is 7.62. The molecule has 2 aromatic rings. The van der Waals surface area contributed by atoms with Gasteiger partial charge in [-0.3, -0.25) is 0 Å². The van der Waals surface area contributed by atoms with Crippen molar-refractivity contribution < 1.29 is 10.2 Å². The van der Waals surface area contributed by atoms with E-state index in [1.54, 1.807) is 6.07 Å². The molecule has 0 heterocycles. The van der Waals surface area contributed by atoms with E-state index in [1.807, 2.05) is 6.07 Å². The van der Waals surface area contributed by atoms with Crippen LogP contribution in [0.25, 0.3) is 0 Å². The predicted molar refractivity (Wildman–Crippen MR) is 126 cm³/mol. The SMILES string of the molecule is CCc1ccc(O)c(C(C)(C)C)c1.Cc1cc(C(C)(C)C)c(O)c(C(C)(C)C)c1. The number of hydrogen-bond acceptors (Lipinski definition) is 2. The van der Waals surface area contributed by atoms with Crippen molar-refractivity contribution in [1.82, 2.24) is 0 Å². The van der Waals surface area contributed by atoms with Gasteiger partial charge in [-0.05, 0) is 57.9 Å². The molecular weight excluding hydrogens is 356 g/mol. The second-order valence-electron chi connectivity index (χ2n) is 11.2. The number of phenols is 2. The van der Waals surface area contributed by atoms with Crippen molar-refractivity contribution in [2.45, 2.75) is 98.8 Å². The van der Waals surface area contributed by atoms with E-state index in [0.29, 0.717) is 11.5 Å². The second-order valence-corrected chi connectivity index (χ2v) is 11.2. The molecule has 29 heavy (non-hydrogen) atoms. The molecular formula is C27H42O2. The summed E-state index contributed by atoms with van der Waals surface area (Å²) >= 11 is 0. The van der Waals surface area contributed by atoms with Gasteiger partial charge in [-0.25, -0.2) is 0 Å². The number of phenolic OH excluding ortho intramolecular Hbond substituents is 2. The van der Waals surface area contributed by atoms with E-state index in [4.69, 9.17) is 0 Å². The molecule has 0 atom stereocenters. The Bertz CT molecular complexity index is 790. The Morgan fingerprint density at radius 1 is 0.655 bits per heavy atom. The fraction of sp³-hybridized carbons (Fsp3) is 0.556. The second kappa shape index (κ2) is 8.81. The van der Waals surface area contributed by atoms with Crippen LogP contribution in [0.2, 0.25) is 0 Å². The van der Waals surface area contributed by atoms with Crippen LogP contribution in [0, 0.1) is 6.92 Å². The summed E-state index contributed by atoms with van der Waals surface area (Å²) in [5, 5.41) is 20.1. The maximum Gasteiger partial charge on any atom is 0.123 e. The van der Waals surface area contributed by atoms with E-state index in [0.717, 1.165) is 23.1 Å². The molecule has 2 nitrogen and oxygen atoms in total. The summed E-state index contributed by atoms with van der Waals surface area (Å²) in [6.07, 6.45) is 1.02. The minimum atomic E-state index is -0.0178. The van der Waals surface area contributed by atoms with Crippen LogP contribution < -0.4 is 0 Å². The third-order valence-electron chi connectivity index (χ3n) is 5.15. The predicted octanol–water partition coefficient (Wildman–Crippen LogP) is 7.55. The van der Waals surface area contributed by atoms with Crippen LogP contribution in [0.5, 0.6) is 11.5 Å². The Labute approximate surface area is 179 Å². The average molecular weight is 399 g/mol. The van der Waals surface area contributed by atoms with Crippen LogP contribution in [0.1, 0.15) is 97.1 Å². The zero-order chi connectivity index (χ0) is 22.8. The summed E-state index contributed by atoms with van der Waals surface area (Å²) in [5.41, 5.74) is 5.60. The van der Waals surface area contributed by atoms with Crippen molar-refractivity contribution in [2.75, 3.05) is 0 Å².